The fourth-order valence-corrected chi connectivity index (χ4v) is 2.00. The zero-order valence-corrected chi connectivity index (χ0v) is 12.5. The van der Waals surface area contributed by atoms with Gasteiger partial charge in [-0.25, -0.2) is 0 Å². The van der Waals surface area contributed by atoms with Crippen LogP contribution in [-0.2, 0) is 6.54 Å². The van der Waals surface area contributed by atoms with Crippen molar-refractivity contribution in [3.63, 3.8) is 0 Å². The second-order valence-electron chi connectivity index (χ2n) is 4.60. The number of halogens is 1. The van der Waals surface area contributed by atoms with Crippen LogP contribution >= 0.6 is 15.9 Å². The summed E-state index contributed by atoms with van der Waals surface area (Å²) in [6.45, 7) is 5.37. The molecule has 0 bridgehead atoms. The second-order valence-corrected chi connectivity index (χ2v) is 5.51. The van der Waals surface area contributed by atoms with Crippen LogP contribution in [0.2, 0.25) is 0 Å². The third-order valence-corrected chi connectivity index (χ3v) is 3.38. The maximum absolute atomic E-state index is 4.35. The van der Waals surface area contributed by atoms with E-state index in [1.165, 1.54) is 32.1 Å². The largest absolute Gasteiger partial charge is 0.309 e. The topological polar surface area (TPSA) is 24.9 Å². The molecule has 17 heavy (non-hydrogen) atoms. The molecule has 1 atom stereocenters. The predicted molar refractivity (Wildman–Crippen MR) is 77.0 cm³/mol. The maximum Gasteiger partial charge on any atom is 0.0542 e. The molecule has 1 rings (SSSR count). The Labute approximate surface area is 113 Å². The van der Waals surface area contributed by atoms with Crippen molar-refractivity contribution in [1.29, 1.82) is 0 Å². The standard InChI is InChI=1S/C14H23BrN2/c1-3-4-5-6-7-12(2)16-11-14-9-8-13(15)10-17-14/h8-10,12,16H,3-7,11H2,1-2H3. The summed E-state index contributed by atoms with van der Waals surface area (Å²) >= 11 is 3.39. The average molecular weight is 299 g/mol. The Balaban J connectivity index is 2.14. The molecule has 0 saturated heterocycles. The zero-order chi connectivity index (χ0) is 12.5. The van der Waals surface area contributed by atoms with Gasteiger partial charge in [-0.05, 0) is 41.4 Å². The lowest BCUT2D eigenvalue weighted by Gasteiger charge is -2.13. The van der Waals surface area contributed by atoms with E-state index >= 15 is 0 Å². The molecule has 0 aromatic carbocycles. The minimum absolute atomic E-state index is 0.581. The SMILES string of the molecule is CCCCCCC(C)NCc1ccc(Br)cn1. The number of nitrogens with one attached hydrogen (secondary N) is 1. The van der Waals surface area contributed by atoms with E-state index in [4.69, 9.17) is 0 Å². The number of aromatic nitrogens is 1. The first-order chi connectivity index (χ1) is 8.22. The summed E-state index contributed by atoms with van der Waals surface area (Å²) in [5.41, 5.74) is 1.11. The summed E-state index contributed by atoms with van der Waals surface area (Å²) in [6.07, 6.45) is 8.47. The number of unbranched alkanes of at least 4 members (excludes halogenated alkanes) is 3. The van der Waals surface area contributed by atoms with Gasteiger partial charge in [0.25, 0.3) is 0 Å². The highest BCUT2D eigenvalue weighted by Gasteiger charge is 2.01. The number of hydrogen-bond acceptors (Lipinski definition) is 2. The highest BCUT2D eigenvalue weighted by atomic mass is 79.9. The lowest BCUT2D eigenvalue weighted by atomic mass is 10.1. The fraction of sp³-hybridized carbons (Fsp3) is 0.643. The van der Waals surface area contributed by atoms with Crippen LogP contribution in [0.1, 0.15) is 51.6 Å². The van der Waals surface area contributed by atoms with Crippen molar-refractivity contribution >= 4 is 15.9 Å². The average Bonchev–Trinajstić information content (AvgIpc) is 2.34. The Bertz CT molecular complexity index is 298. The van der Waals surface area contributed by atoms with Crippen LogP contribution in [0, 0.1) is 0 Å². The molecule has 1 unspecified atom stereocenters. The third-order valence-electron chi connectivity index (χ3n) is 2.91. The van der Waals surface area contributed by atoms with Gasteiger partial charge in [0.1, 0.15) is 0 Å². The molecule has 0 aliphatic rings. The second kappa shape index (κ2) is 8.65. The van der Waals surface area contributed by atoms with Crippen molar-refractivity contribution < 1.29 is 0 Å². The number of pyridine rings is 1. The van der Waals surface area contributed by atoms with Gasteiger partial charge in [-0.1, -0.05) is 32.6 Å². The summed E-state index contributed by atoms with van der Waals surface area (Å²) < 4.78 is 1.04. The minimum atomic E-state index is 0.581. The van der Waals surface area contributed by atoms with Crippen LogP contribution in [0.3, 0.4) is 0 Å². The molecule has 0 amide bonds. The Hall–Kier alpha value is -0.410. The van der Waals surface area contributed by atoms with Gasteiger partial charge in [0.05, 0.1) is 5.69 Å². The summed E-state index contributed by atoms with van der Waals surface area (Å²) in [6, 6.07) is 4.67. The van der Waals surface area contributed by atoms with Gasteiger partial charge in [-0.15, -0.1) is 0 Å². The molecule has 3 heteroatoms. The molecular weight excluding hydrogens is 276 g/mol. The predicted octanol–water partition coefficient (Wildman–Crippen LogP) is 4.29. The monoisotopic (exact) mass is 298 g/mol. The van der Waals surface area contributed by atoms with Crippen LogP contribution in [0.4, 0.5) is 0 Å². The van der Waals surface area contributed by atoms with Crippen molar-refractivity contribution in [2.75, 3.05) is 0 Å². The Morgan fingerprint density at radius 2 is 2.12 bits per heavy atom. The van der Waals surface area contributed by atoms with Gasteiger partial charge in [0.2, 0.25) is 0 Å². The molecule has 1 heterocycles. The molecule has 0 fully saturated rings. The van der Waals surface area contributed by atoms with E-state index < -0.39 is 0 Å². The van der Waals surface area contributed by atoms with Crippen molar-refractivity contribution in [3.8, 4) is 0 Å². The van der Waals surface area contributed by atoms with Gasteiger partial charge >= 0.3 is 0 Å². The highest BCUT2D eigenvalue weighted by Crippen LogP contribution is 2.08. The summed E-state index contributed by atoms with van der Waals surface area (Å²) in [5, 5.41) is 3.52. The fourth-order valence-electron chi connectivity index (χ4n) is 1.77. The lowest BCUT2D eigenvalue weighted by Crippen LogP contribution is -2.25. The summed E-state index contributed by atoms with van der Waals surface area (Å²) in [7, 11) is 0. The van der Waals surface area contributed by atoms with E-state index in [0.29, 0.717) is 6.04 Å². The lowest BCUT2D eigenvalue weighted by molar-refractivity contribution is 0.480. The number of rotatable bonds is 8. The van der Waals surface area contributed by atoms with E-state index in [1.54, 1.807) is 0 Å². The van der Waals surface area contributed by atoms with Crippen LogP contribution in [0.5, 0.6) is 0 Å². The van der Waals surface area contributed by atoms with Crippen molar-refractivity contribution in [2.45, 2.75) is 58.5 Å². The number of nitrogens with zero attached hydrogens (tertiary/aromatic N) is 1. The molecule has 0 spiro atoms. The van der Waals surface area contributed by atoms with Crippen LogP contribution in [0.25, 0.3) is 0 Å². The molecule has 0 aliphatic carbocycles. The maximum atomic E-state index is 4.35. The zero-order valence-electron chi connectivity index (χ0n) is 10.9. The molecule has 1 aromatic rings. The molecule has 0 radical (unpaired) electrons. The van der Waals surface area contributed by atoms with Crippen LogP contribution in [0.15, 0.2) is 22.8 Å². The van der Waals surface area contributed by atoms with E-state index in [1.807, 2.05) is 12.3 Å². The number of hydrogen-bond donors (Lipinski definition) is 1. The van der Waals surface area contributed by atoms with E-state index in [-0.39, 0.29) is 0 Å². The van der Waals surface area contributed by atoms with Gasteiger partial charge in [0.15, 0.2) is 0 Å². The van der Waals surface area contributed by atoms with Crippen molar-refractivity contribution in [2.24, 2.45) is 0 Å². The third kappa shape index (κ3) is 6.79. The molecular formula is C14H23BrN2. The van der Waals surface area contributed by atoms with Gasteiger partial charge in [0, 0.05) is 23.3 Å². The quantitative estimate of drug-likeness (QED) is 0.724. The van der Waals surface area contributed by atoms with Gasteiger partial charge in [-0.2, -0.15) is 0 Å². The Morgan fingerprint density at radius 1 is 1.29 bits per heavy atom. The van der Waals surface area contributed by atoms with Crippen molar-refractivity contribution in [1.82, 2.24) is 10.3 Å². The van der Waals surface area contributed by atoms with E-state index in [9.17, 15) is 0 Å². The molecule has 2 nitrogen and oxygen atoms in total. The van der Waals surface area contributed by atoms with E-state index in [0.717, 1.165) is 16.7 Å². The Kier molecular flexibility index (Phi) is 7.45. The highest BCUT2D eigenvalue weighted by molar-refractivity contribution is 9.10. The molecule has 0 aliphatic heterocycles. The smallest absolute Gasteiger partial charge is 0.0542 e. The Morgan fingerprint density at radius 3 is 2.76 bits per heavy atom. The normalized spacial score (nSPS) is 12.6. The van der Waals surface area contributed by atoms with Gasteiger partial charge < -0.3 is 5.32 Å². The molecule has 1 N–H and O–H groups in total. The van der Waals surface area contributed by atoms with Crippen molar-refractivity contribution in [3.05, 3.63) is 28.5 Å². The first-order valence-corrected chi connectivity index (χ1v) is 7.35. The molecule has 96 valence electrons. The van der Waals surface area contributed by atoms with Crippen LogP contribution in [-0.4, -0.2) is 11.0 Å². The van der Waals surface area contributed by atoms with Crippen LogP contribution < -0.4 is 5.32 Å². The first-order valence-electron chi connectivity index (χ1n) is 6.56. The summed E-state index contributed by atoms with van der Waals surface area (Å²) in [4.78, 5) is 4.35. The molecule has 1 aromatic heterocycles. The molecule has 0 saturated carbocycles. The minimum Gasteiger partial charge on any atom is -0.309 e. The van der Waals surface area contributed by atoms with Gasteiger partial charge in [-0.3, -0.25) is 4.98 Å². The summed E-state index contributed by atoms with van der Waals surface area (Å²) in [5.74, 6) is 0. The van der Waals surface area contributed by atoms with E-state index in [2.05, 4.69) is 46.1 Å². The first kappa shape index (κ1) is 14.7.